The second-order valence-corrected chi connectivity index (χ2v) is 6.82. The van der Waals surface area contributed by atoms with Crippen LogP contribution in [0.25, 0.3) is 0 Å². The van der Waals surface area contributed by atoms with E-state index in [-0.39, 0.29) is 17.3 Å². The molecule has 2 N–H and O–H groups in total. The van der Waals surface area contributed by atoms with Gasteiger partial charge in [-0.05, 0) is 51.1 Å². The molecule has 2 rings (SSSR count). The Hall–Kier alpha value is -2.12. The van der Waals surface area contributed by atoms with E-state index in [1.54, 1.807) is 0 Å². The van der Waals surface area contributed by atoms with Gasteiger partial charge in [0.2, 0.25) is 15.8 Å². The molecule has 0 bridgehead atoms. The molecular weight excluding hydrogens is 316 g/mol. The molecular formula is C16H20N2O4S. The summed E-state index contributed by atoms with van der Waals surface area (Å²) in [5.74, 6) is 0.295. The van der Waals surface area contributed by atoms with Gasteiger partial charge < -0.3 is 9.30 Å². The zero-order valence-corrected chi connectivity index (χ0v) is 14.2. The van der Waals surface area contributed by atoms with E-state index in [0.717, 1.165) is 17.9 Å². The predicted molar refractivity (Wildman–Crippen MR) is 87.2 cm³/mol. The van der Waals surface area contributed by atoms with Gasteiger partial charge in [-0.2, -0.15) is 0 Å². The number of hydrogen-bond donors (Lipinski definition) is 1. The Kier molecular flexibility index (Phi) is 4.91. The van der Waals surface area contributed by atoms with E-state index >= 15 is 0 Å². The number of aryl methyl sites for hydroxylation is 1. The zero-order valence-electron chi connectivity index (χ0n) is 13.4. The van der Waals surface area contributed by atoms with Gasteiger partial charge in [-0.15, -0.1) is 0 Å². The van der Waals surface area contributed by atoms with Gasteiger partial charge in [0.05, 0.1) is 4.90 Å². The first-order valence-corrected chi connectivity index (χ1v) is 8.74. The highest BCUT2D eigenvalue weighted by Crippen LogP contribution is 2.18. The van der Waals surface area contributed by atoms with Crippen molar-refractivity contribution < 1.29 is 17.9 Å². The van der Waals surface area contributed by atoms with Crippen LogP contribution < -0.4 is 9.88 Å². The van der Waals surface area contributed by atoms with Crippen molar-refractivity contribution in [1.82, 2.24) is 4.57 Å². The van der Waals surface area contributed by atoms with Crippen molar-refractivity contribution in [2.45, 2.75) is 32.2 Å². The van der Waals surface area contributed by atoms with Crippen LogP contribution in [0, 0.1) is 13.8 Å². The van der Waals surface area contributed by atoms with Gasteiger partial charge in [0.1, 0.15) is 5.75 Å². The van der Waals surface area contributed by atoms with E-state index in [9.17, 15) is 13.2 Å². The molecule has 0 radical (unpaired) electrons. The largest absolute Gasteiger partial charge is 0.485 e. The first kappa shape index (κ1) is 17.2. The average molecular weight is 336 g/mol. The van der Waals surface area contributed by atoms with Crippen molar-refractivity contribution >= 4 is 15.8 Å². The van der Waals surface area contributed by atoms with Gasteiger partial charge in [0.15, 0.2) is 6.61 Å². The van der Waals surface area contributed by atoms with Crippen LogP contribution in [0.3, 0.4) is 0 Å². The molecule has 1 heterocycles. The third-order valence-corrected chi connectivity index (χ3v) is 4.64. The molecule has 124 valence electrons. The maximum atomic E-state index is 12.3. The number of nitrogens with two attached hydrogens (primary N) is 1. The molecule has 7 heteroatoms. The number of nitrogens with zero attached hydrogens (tertiary/aromatic N) is 1. The number of hydrogen-bond acceptors (Lipinski definition) is 4. The Bertz CT molecular complexity index is 821. The Labute approximate surface area is 135 Å². The molecule has 0 fully saturated rings. The summed E-state index contributed by atoms with van der Waals surface area (Å²) in [7, 11) is -3.73. The number of primary sulfonamides is 1. The van der Waals surface area contributed by atoms with Crippen molar-refractivity contribution in [3.63, 3.8) is 0 Å². The summed E-state index contributed by atoms with van der Waals surface area (Å²) in [5, 5.41) is 5.03. The topological polar surface area (TPSA) is 91.4 Å². The van der Waals surface area contributed by atoms with Gasteiger partial charge >= 0.3 is 0 Å². The first-order chi connectivity index (χ1) is 10.7. The lowest BCUT2D eigenvalue weighted by molar-refractivity contribution is 0.0920. The molecule has 23 heavy (non-hydrogen) atoms. The summed E-state index contributed by atoms with van der Waals surface area (Å²) in [5.41, 5.74) is 2.60. The Morgan fingerprint density at radius 3 is 2.30 bits per heavy atom. The third kappa shape index (κ3) is 3.80. The quantitative estimate of drug-likeness (QED) is 0.817. The normalized spacial score (nSPS) is 11.5. The van der Waals surface area contributed by atoms with Gasteiger partial charge in [-0.25, -0.2) is 13.6 Å². The van der Waals surface area contributed by atoms with Crippen LogP contribution in [0.1, 0.15) is 28.7 Å². The molecule has 0 saturated heterocycles. The summed E-state index contributed by atoms with van der Waals surface area (Å²) in [4.78, 5) is 12.3. The van der Waals surface area contributed by atoms with Crippen LogP contribution in [0.4, 0.5) is 0 Å². The molecule has 0 aliphatic carbocycles. The van der Waals surface area contributed by atoms with E-state index in [4.69, 9.17) is 9.88 Å². The highest BCUT2D eigenvalue weighted by Gasteiger charge is 2.15. The van der Waals surface area contributed by atoms with Gasteiger partial charge in [0.25, 0.3) is 0 Å². The van der Waals surface area contributed by atoms with Crippen molar-refractivity contribution in [3.8, 4) is 5.75 Å². The van der Waals surface area contributed by atoms with E-state index in [2.05, 4.69) is 4.57 Å². The summed E-state index contributed by atoms with van der Waals surface area (Å²) < 4.78 is 29.8. The van der Waals surface area contributed by atoms with Gasteiger partial charge in [-0.3, -0.25) is 4.79 Å². The van der Waals surface area contributed by atoms with E-state index in [1.807, 2.05) is 26.8 Å². The molecule has 1 aromatic carbocycles. The Morgan fingerprint density at radius 2 is 1.83 bits per heavy atom. The molecule has 1 aromatic heterocycles. The maximum absolute atomic E-state index is 12.3. The van der Waals surface area contributed by atoms with Crippen LogP contribution in [0.15, 0.2) is 35.2 Å². The van der Waals surface area contributed by atoms with Crippen LogP contribution in [0.2, 0.25) is 0 Å². The number of Topliss-reactive ketones (excluding diaryl/α,β-unsaturated/α-hetero) is 1. The van der Waals surface area contributed by atoms with Crippen LogP contribution in [-0.2, 0) is 16.6 Å². The van der Waals surface area contributed by atoms with E-state index in [0.29, 0.717) is 11.3 Å². The first-order valence-electron chi connectivity index (χ1n) is 7.19. The standard InChI is InChI=1S/C16H20N2O4S/c1-4-18-11(2)9-15(12(18)3)16(19)10-22-13-5-7-14(8-6-13)23(17,20)21/h5-9H,4,10H2,1-3H3,(H2,17,20,21). The molecule has 0 spiro atoms. The SMILES string of the molecule is CCn1c(C)cc(C(=O)COc2ccc(S(N)(=O)=O)cc2)c1C. The Morgan fingerprint density at radius 1 is 1.22 bits per heavy atom. The fourth-order valence-corrected chi connectivity index (χ4v) is 3.04. The molecule has 0 unspecified atom stereocenters. The average Bonchev–Trinajstić information content (AvgIpc) is 2.78. The second kappa shape index (κ2) is 6.55. The summed E-state index contributed by atoms with van der Waals surface area (Å²) >= 11 is 0. The van der Waals surface area contributed by atoms with Crippen molar-refractivity contribution in [2.24, 2.45) is 5.14 Å². The van der Waals surface area contributed by atoms with Crippen molar-refractivity contribution in [1.29, 1.82) is 0 Å². The molecule has 2 aromatic rings. The summed E-state index contributed by atoms with van der Waals surface area (Å²) in [6.07, 6.45) is 0. The fraction of sp³-hybridized carbons (Fsp3) is 0.312. The lowest BCUT2D eigenvalue weighted by Gasteiger charge is -2.07. The highest BCUT2D eigenvalue weighted by atomic mass is 32.2. The lowest BCUT2D eigenvalue weighted by atomic mass is 10.1. The third-order valence-electron chi connectivity index (χ3n) is 3.71. The molecule has 0 saturated carbocycles. The molecule has 0 aliphatic rings. The highest BCUT2D eigenvalue weighted by molar-refractivity contribution is 7.89. The fourth-order valence-electron chi connectivity index (χ4n) is 2.52. The second-order valence-electron chi connectivity index (χ2n) is 5.26. The van der Waals surface area contributed by atoms with Gasteiger partial charge in [-0.1, -0.05) is 0 Å². The minimum absolute atomic E-state index is 0.00247. The monoisotopic (exact) mass is 336 g/mol. The van der Waals surface area contributed by atoms with Crippen molar-refractivity contribution in [3.05, 3.63) is 47.3 Å². The number of carbonyl (C=O) groups is 1. The van der Waals surface area contributed by atoms with E-state index in [1.165, 1.54) is 24.3 Å². The number of ketones is 1. The predicted octanol–water partition coefficient (Wildman–Crippen LogP) is 2.03. The van der Waals surface area contributed by atoms with Crippen LogP contribution >= 0.6 is 0 Å². The number of benzene rings is 1. The van der Waals surface area contributed by atoms with Crippen LogP contribution in [-0.4, -0.2) is 25.4 Å². The maximum Gasteiger partial charge on any atom is 0.238 e. The zero-order chi connectivity index (χ0) is 17.2. The molecule has 6 nitrogen and oxygen atoms in total. The summed E-state index contributed by atoms with van der Waals surface area (Å²) in [6.45, 7) is 6.59. The smallest absolute Gasteiger partial charge is 0.238 e. The van der Waals surface area contributed by atoms with E-state index < -0.39 is 10.0 Å². The number of rotatable bonds is 6. The number of carbonyl (C=O) groups excluding carboxylic acids is 1. The molecule has 0 aliphatic heterocycles. The van der Waals surface area contributed by atoms with Crippen molar-refractivity contribution in [2.75, 3.05) is 6.61 Å². The number of sulfonamides is 1. The summed E-state index contributed by atoms with van der Waals surface area (Å²) in [6, 6.07) is 7.50. The lowest BCUT2D eigenvalue weighted by Crippen LogP contribution is -2.14. The minimum Gasteiger partial charge on any atom is -0.485 e. The number of aromatic nitrogens is 1. The number of ether oxygens (including phenoxy) is 1. The van der Waals surface area contributed by atoms with Gasteiger partial charge in [0, 0.05) is 23.5 Å². The Balaban J connectivity index is 2.08. The molecule has 0 amide bonds. The molecule has 0 atom stereocenters. The minimum atomic E-state index is -3.73. The van der Waals surface area contributed by atoms with Crippen LogP contribution in [0.5, 0.6) is 5.75 Å².